The van der Waals surface area contributed by atoms with Gasteiger partial charge in [0.2, 0.25) is 0 Å². The first-order valence-corrected chi connectivity index (χ1v) is 6.83. The van der Waals surface area contributed by atoms with Crippen molar-refractivity contribution in [2.45, 2.75) is 19.9 Å². The molecule has 0 aliphatic carbocycles. The van der Waals surface area contributed by atoms with Crippen LogP contribution in [0.4, 0.5) is 5.69 Å². The van der Waals surface area contributed by atoms with Gasteiger partial charge in [0, 0.05) is 9.90 Å². The molecule has 1 unspecified atom stereocenters. The maximum atomic E-state index is 6.12. The minimum atomic E-state index is 0.182. The molecule has 0 bridgehead atoms. The zero-order valence-electron chi connectivity index (χ0n) is 9.50. The third kappa shape index (κ3) is 2.92. The van der Waals surface area contributed by atoms with Gasteiger partial charge in [0.15, 0.2) is 0 Å². The number of rotatable bonds is 3. The SMILES string of the molecule is Cc1ncsc1C(C)Nc1ccc(Cl)cc1Cl. The van der Waals surface area contributed by atoms with Crippen LogP contribution in [-0.4, -0.2) is 4.98 Å². The summed E-state index contributed by atoms with van der Waals surface area (Å²) in [6.45, 7) is 4.10. The van der Waals surface area contributed by atoms with Crippen LogP contribution in [0.1, 0.15) is 23.5 Å². The van der Waals surface area contributed by atoms with Crippen LogP contribution in [0.25, 0.3) is 0 Å². The van der Waals surface area contributed by atoms with Crippen LogP contribution in [0.2, 0.25) is 10.0 Å². The number of aromatic nitrogens is 1. The second-order valence-electron chi connectivity index (χ2n) is 3.79. The highest BCUT2D eigenvalue weighted by molar-refractivity contribution is 7.09. The summed E-state index contributed by atoms with van der Waals surface area (Å²) in [5.41, 5.74) is 3.79. The fraction of sp³-hybridized carbons (Fsp3) is 0.250. The van der Waals surface area contributed by atoms with Gasteiger partial charge in [0.05, 0.1) is 28.0 Å². The molecule has 0 spiro atoms. The molecular formula is C12H12Cl2N2S. The van der Waals surface area contributed by atoms with E-state index in [1.807, 2.05) is 24.6 Å². The Hall–Kier alpha value is -0.770. The molecule has 0 saturated heterocycles. The van der Waals surface area contributed by atoms with Gasteiger partial charge in [-0.05, 0) is 32.0 Å². The molecule has 0 aliphatic heterocycles. The molecule has 2 rings (SSSR count). The zero-order valence-corrected chi connectivity index (χ0v) is 11.8. The van der Waals surface area contributed by atoms with Crippen LogP contribution >= 0.6 is 34.5 Å². The molecule has 2 aromatic rings. The van der Waals surface area contributed by atoms with E-state index in [1.54, 1.807) is 17.4 Å². The Bertz CT molecular complexity index is 525. The van der Waals surface area contributed by atoms with Crippen molar-refractivity contribution in [2.24, 2.45) is 0 Å². The Morgan fingerprint density at radius 3 is 2.71 bits per heavy atom. The summed E-state index contributed by atoms with van der Waals surface area (Å²) in [7, 11) is 0. The maximum Gasteiger partial charge on any atom is 0.0798 e. The second-order valence-corrected chi connectivity index (χ2v) is 5.52. The fourth-order valence-electron chi connectivity index (χ4n) is 1.63. The molecule has 5 heteroatoms. The Morgan fingerprint density at radius 2 is 2.12 bits per heavy atom. The van der Waals surface area contributed by atoms with Crippen LogP contribution in [-0.2, 0) is 0 Å². The molecule has 1 atom stereocenters. The smallest absolute Gasteiger partial charge is 0.0798 e. The first-order valence-electron chi connectivity index (χ1n) is 5.19. The van der Waals surface area contributed by atoms with E-state index in [1.165, 1.54) is 4.88 Å². The van der Waals surface area contributed by atoms with Gasteiger partial charge in [-0.1, -0.05) is 23.2 Å². The van der Waals surface area contributed by atoms with Crippen LogP contribution in [0.3, 0.4) is 0 Å². The van der Waals surface area contributed by atoms with Crippen LogP contribution in [0.15, 0.2) is 23.7 Å². The predicted octanol–water partition coefficient (Wildman–Crippen LogP) is 4.93. The molecule has 1 N–H and O–H groups in total. The topological polar surface area (TPSA) is 24.9 Å². The quantitative estimate of drug-likeness (QED) is 0.865. The Balaban J connectivity index is 2.19. The largest absolute Gasteiger partial charge is 0.376 e. The van der Waals surface area contributed by atoms with Crippen LogP contribution < -0.4 is 5.32 Å². The van der Waals surface area contributed by atoms with Gasteiger partial charge in [-0.25, -0.2) is 4.98 Å². The lowest BCUT2D eigenvalue weighted by Gasteiger charge is -2.15. The summed E-state index contributed by atoms with van der Waals surface area (Å²) in [4.78, 5) is 5.46. The first-order chi connectivity index (χ1) is 8.08. The summed E-state index contributed by atoms with van der Waals surface area (Å²) < 4.78 is 0. The molecule has 1 aromatic heterocycles. The normalized spacial score (nSPS) is 12.5. The molecule has 1 heterocycles. The van der Waals surface area contributed by atoms with Crippen molar-refractivity contribution in [1.82, 2.24) is 4.98 Å². The molecule has 0 radical (unpaired) electrons. The molecule has 17 heavy (non-hydrogen) atoms. The van der Waals surface area contributed by atoms with Crippen molar-refractivity contribution in [3.8, 4) is 0 Å². The number of hydrogen-bond donors (Lipinski definition) is 1. The fourth-order valence-corrected chi connectivity index (χ4v) is 2.91. The zero-order chi connectivity index (χ0) is 12.4. The maximum absolute atomic E-state index is 6.12. The molecule has 0 saturated carbocycles. The molecule has 2 nitrogen and oxygen atoms in total. The summed E-state index contributed by atoms with van der Waals surface area (Å²) in [6.07, 6.45) is 0. The lowest BCUT2D eigenvalue weighted by Crippen LogP contribution is -2.06. The standard InChI is InChI=1S/C12H12Cl2N2S/c1-7-12(17-6-15-7)8(2)16-11-4-3-9(13)5-10(11)14/h3-6,8,16H,1-2H3. The lowest BCUT2D eigenvalue weighted by atomic mass is 10.2. The first kappa shape index (κ1) is 12.7. The van der Waals surface area contributed by atoms with E-state index in [2.05, 4.69) is 17.2 Å². The van der Waals surface area contributed by atoms with Crippen molar-refractivity contribution in [3.63, 3.8) is 0 Å². The van der Waals surface area contributed by atoms with Gasteiger partial charge >= 0.3 is 0 Å². The predicted molar refractivity (Wildman–Crippen MR) is 75.4 cm³/mol. The average Bonchev–Trinajstić information content (AvgIpc) is 2.68. The average molecular weight is 287 g/mol. The van der Waals surface area contributed by atoms with E-state index in [4.69, 9.17) is 23.2 Å². The highest BCUT2D eigenvalue weighted by atomic mass is 35.5. The van der Waals surface area contributed by atoms with Crippen molar-refractivity contribution in [3.05, 3.63) is 44.3 Å². The van der Waals surface area contributed by atoms with E-state index in [0.29, 0.717) is 10.0 Å². The summed E-state index contributed by atoms with van der Waals surface area (Å²) >= 11 is 13.6. The van der Waals surface area contributed by atoms with E-state index in [-0.39, 0.29) is 6.04 Å². The van der Waals surface area contributed by atoms with Gasteiger partial charge in [-0.2, -0.15) is 0 Å². The van der Waals surface area contributed by atoms with Crippen molar-refractivity contribution < 1.29 is 0 Å². The Kier molecular flexibility index (Phi) is 3.92. The highest BCUT2D eigenvalue weighted by Crippen LogP contribution is 2.30. The summed E-state index contributed by atoms with van der Waals surface area (Å²) in [5.74, 6) is 0. The lowest BCUT2D eigenvalue weighted by molar-refractivity contribution is 0.890. The number of thiazole rings is 1. The molecule has 0 amide bonds. The minimum Gasteiger partial charge on any atom is -0.376 e. The van der Waals surface area contributed by atoms with E-state index in [9.17, 15) is 0 Å². The molecular weight excluding hydrogens is 275 g/mol. The molecule has 0 fully saturated rings. The Labute approximate surface area is 115 Å². The van der Waals surface area contributed by atoms with E-state index in [0.717, 1.165) is 11.4 Å². The third-order valence-electron chi connectivity index (χ3n) is 2.48. The number of hydrogen-bond acceptors (Lipinski definition) is 3. The molecule has 0 aliphatic rings. The summed E-state index contributed by atoms with van der Waals surface area (Å²) in [6, 6.07) is 5.62. The number of anilines is 1. The number of nitrogens with one attached hydrogen (secondary N) is 1. The van der Waals surface area contributed by atoms with Crippen LogP contribution in [0, 0.1) is 6.92 Å². The van der Waals surface area contributed by atoms with Crippen molar-refractivity contribution in [2.75, 3.05) is 5.32 Å². The van der Waals surface area contributed by atoms with E-state index >= 15 is 0 Å². The van der Waals surface area contributed by atoms with Gasteiger partial charge in [0.1, 0.15) is 0 Å². The Morgan fingerprint density at radius 1 is 1.35 bits per heavy atom. The minimum absolute atomic E-state index is 0.182. The number of nitrogens with zero attached hydrogens (tertiary/aromatic N) is 1. The van der Waals surface area contributed by atoms with Gasteiger partial charge in [-0.15, -0.1) is 11.3 Å². The molecule has 90 valence electrons. The number of benzene rings is 1. The third-order valence-corrected chi connectivity index (χ3v) is 4.14. The summed E-state index contributed by atoms with van der Waals surface area (Å²) in [5, 5.41) is 4.63. The van der Waals surface area contributed by atoms with Crippen molar-refractivity contribution in [1.29, 1.82) is 0 Å². The van der Waals surface area contributed by atoms with Gasteiger partial charge < -0.3 is 5.32 Å². The van der Waals surface area contributed by atoms with Gasteiger partial charge in [-0.3, -0.25) is 0 Å². The monoisotopic (exact) mass is 286 g/mol. The molecule has 1 aromatic carbocycles. The van der Waals surface area contributed by atoms with Crippen molar-refractivity contribution >= 4 is 40.2 Å². The number of aryl methyl sites for hydroxylation is 1. The van der Waals surface area contributed by atoms with Gasteiger partial charge in [0.25, 0.3) is 0 Å². The second kappa shape index (κ2) is 5.25. The van der Waals surface area contributed by atoms with Crippen LogP contribution in [0.5, 0.6) is 0 Å². The number of halogens is 2. The highest BCUT2D eigenvalue weighted by Gasteiger charge is 2.12. The van der Waals surface area contributed by atoms with E-state index < -0.39 is 0 Å².